The van der Waals surface area contributed by atoms with Crippen LogP contribution in [0.5, 0.6) is 5.75 Å². The lowest BCUT2D eigenvalue weighted by molar-refractivity contribution is -0.384. The average Bonchev–Trinajstić information content (AvgIpc) is 3.02. The highest BCUT2D eigenvalue weighted by atomic mass is 32.2. The van der Waals surface area contributed by atoms with Crippen molar-refractivity contribution in [2.75, 3.05) is 6.26 Å². The number of rotatable bonds is 5. The predicted molar refractivity (Wildman–Crippen MR) is 115 cm³/mol. The maximum atomic E-state index is 11.6. The van der Waals surface area contributed by atoms with Crippen LogP contribution in [-0.4, -0.2) is 21.7 Å². The molecular formula is C22H18N2O4S. The molecule has 1 aromatic heterocycles. The molecule has 29 heavy (non-hydrogen) atoms. The van der Waals surface area contributed by atoms with Crippen LogP contribution in [0.2, 0.25) is 0 Å². The summed E-state index contributed by atoms with van der Waals surface area (Å²) in [5.41, 5.74) is 3.05. The van der Waals surface area contributed by atoms with Crippen molar-refractivity contribution in [1.82, 2.24) is 4.57 Å². The van der Waals surface area contributed by atoms with E-state index in [1.165, 1.54) is 30.8 Å². The Kier molecular flexibility index (Phi) is 4.98. The van der Waals surface area contributed by atoms with Gasteiger partial charge in [-0.25, -0.2) is 0 Å². The zero-order valence-electron chi connectivity index (χ0n) is 15.9. The summed E-state index contributed by atoms with van der Waals surface area (Å²) in [7, 11) is 0. The molecule has 4 aromatic rings. The number of fused-ring (bicyclic) bond motifs is 3. The first-order chi connectivity index (χ1) is 14.0. The van der Waals surface area contributed by atoms with Gasteiger partial charge in [0.2, 0.25) is 0 Å². The number of esters is 1. The van der Waals surface area contributed by atoms with Gasteiger partial charge in [-0.1, -0.05) is 30.3 Å². The monoisotopic (exact) mass is 406 g/mol. The molecule has 0 radical (unpaired) electrons. The minimum Gasteiger partial charge on any atom is -0.425 e. The number of nitrogens with zero attached hydrogens (tertiary/aromatic N) is 2. The summed E-state index contributed by atoms with van der Waals surface area (Å²) in [6.07, 6.45) is 1.95. The number of thioether (sulfide) groups is 1. The maximum Gasteiger partial charge on any atom is 0.308 e. The molecule has 0 aliphatic heterocycles. The van der Waals surface area contributed by atoms with E-state index in [0.29, 0.717) is 12.3 Å². The maximum absolute atomic E-state index is 11.6. The summed E-state index contributed by atoms with van der Waals surface area (Å²) in [5.74, 6) is 0.169. The zero-order valence-corrected chi connectivity index (χ0v) is 16.7. The number of nitro benzene ring substituents is 1. The van der Waals surface area contributed by atoms with Crippen molar-refractivity contribution < 1.29 is 14.5 Å². The number of hydrogen-bond donors (Lipinski definition) is 0. The van der Waals surface area contributed by atoms with Gasteiger partial charge in [0, 0.05) is 41.9 Å². The van der Waals surface area contributed by atoms with Gasteiger partial charge in [-0.3, -0.25) is 14.9 Å². The lowest BCUT2D eigenvalue weighted by Gasteiger charge is -2.13. The molecule has 0 saturated heterocycles. The van der Waals surface area contributed by atoms with E-state index >= 15 is 0 Å². The number of ether oxygens (including phenoxy) is 1. The lowest BCUT2D eigenvalue weighted by atomic mass is 10.1. The molecule has 3 aromatic carbocycles. The van der Waals surface area contributed by atoms with Gasteiger partial charge in [0.25, 0.3) is 5.69 Å². The quantitative estimate of drug-likeness (QED) is 0.146. The Hall–Kier alpha value is -3.32. The number of nitro groups is 1. The number of aromatic nitrogens is 1. The third-order valence-corrected chi connectivity index (χ3v) is 5.60. The van der Waals surface area contributed by atoms with Gasteiger partial charge in [-0.15, -0.1) is 11.8 Å². The first kappa shape index (κ1) is 19.0. The van der Waals surface area contributed by atoms with E-state index < -0.39 is 4.92 Å². The second-order valence-electron chi connectivity index (χ2n) is 6.61. The second kappa shape index (κ2) is 7.60. The summed E-state index contributed by atoms with van der Waals surface area (Å²) in [5, 5.41) is 13.1. The second-order valence-corrected chi connectivity index (χ2v) is 7.43. The largest absolute Gasteiger partial charge is 0.425 e. The standard InChI is InChI=1S/C22H18N2O4S/c1-14(25)28-20-12-11-18-17-5-3-4-6-19(17)23(21(18)22(20)29-2)13-15-7-9-16(10-8-15)24(26)27/h3-12H,13H2,1-2H3. The van der Waals surface area contributed by atoms with Crippen LogP contribution in [0.25, 0.3) is 21.8 Å². The van der Waals surface area contributed by atoms with Crippen LogP contribution in [0.15, 0.2) is 65.6 Å². The summed E-state index contributed by atoms with van der Waals surface area (Å²) in [6, 6.07) is 18.5. The van der Waals surface area contributed by atoms with Crippen LogP contribution in [0.4, 0.5) is 5.69 Å². The van der Waals surface area contributed by atoms with Gasteiger partial charge >= 0.3 is 5.97 Å². The average molecular weight is 406 g/mol. The minimum absolute atomic E-state index is 0.0675. The van der Waals surface area contributed by atoms with Crippen molar-refractivity contribution in [3.05, 3.63) is 76.3 Å². The Morgan fingerprint density at radius 2 is 1.79 bits per heavy atom. The molecule has 7 heteroatoms. The molecule has 0 aliphatic carbocycles. The third-order valence-electron chi connectivity index (χ3n) is 4.80. The van der Waals surface area contributed by atoms with Crippen LogP contribution in [0.1, 0.15) is 12.5 Å². The number of para-hydroxylation sites is 1. The van der Waals surface area contributed by atoms with Crippen molar-refractivity contribution in [2.24, 2.45) is 0 Å². The molecule has 6 nitrogen and oxygen atoms in total. The van der Waals surface area contributed by atoms with Crippen LogP contribution in [-0.2, 0) is 11.3 Å². The first-order valence-electron chi connectivity index (χ1n) is 8.99. The van der Waals surface area contributed by atoms with Gasteiger partial charge in [0.15, 0.2) is 0 Å². The van der Waals surface area contributed by atoms with E-state index in [-0.39, 0.29) is 11.7 Å². The van der Waals surface area contributed by atoms with E-state index in [1.54, 1.807) is 12.1 Å². The fourth-order valence-corrected chi connectivity index (χ4v) is 4.32. The van der Waals surface area contributed by atoms with E-state index in [0.717, 1.165) is 32.3 Å². The molecule has 0 saturated carbocycles. The SMILES string of the molecule is CSc1c(OC(C)=O)ccc2c3ccccc3n(Cc3ccc([N+](=O)[O-])cc3)c12. The Morgan fingerprint density at radius 1 is 1.07 bits per heavy atom. The van der Waals surface area contributed by atoms with Gasteiger partial charge in [-0.05, 0) is 30.0 Å². The van der Waals surface area contributed by atoms with Crippen LogP contribution in [0.3, 0.4) is 0 Å². The molecule has 0 atom stereocenters. The highest BCUT2D eigenvalue weighted by Gasteiger charge is 2.18. The van der Waals surface area contributed by atoms with E-state index in [9.17, 15) is 14.9 Å². The number of carbonyl (C=O) groups excluding carboxylic acids is 1. The van der Waals surface area contributed by atoms with E-state index in [4.69, 9.17) is 4.74 Å². The minimum atomic E-state index is -0.401. The molecule has 1 heterocycles. The molecule has 4 rings (SSSR count). The van der Waals surface area contributed by atoms with Crippen molar-refractivity contribution >= 4 is 45.2 Å². The van der Waals surface area contributed by atoms with Crippen LogP contribution >= 0.6 is 11.8 Å². The van der Waals surface area contributed by atoms with E-state index in [2.05, 4.69) is 16.7 Å². The van der Waals surface area contributed by atoms with E-state index in [1.807, 2.05) is 30.5 Å². The molecule has 0 spiro atoms. The highest BCUT2D eigenvalue weighted by Crippen LogP contribution is 2.40. The Bertz CT molecular complexity index is 1250. The Balaban J connectivity index is 1.94. The normalized spacial score (nSPS) is 11.1. The molecule has 0 aliphatic rings. The molecule has 0 fully saturated rings. The molecule has 0 amide bonds. The summed E-state index contributed by atoms with van der Waals surface area (Å²) < 4.78 is 7.61. The molecule has 0 unspecified atom stereocenters. The first-order valence-corrected chi connectivity index (χ1v) is 10.2. The van der Waals surface area contributed by atoms with Crippen molar-refractivity contribution in [3.8, 4) is 5.75 Å². The third kappa shape index (κ3) is 3.45. The summed E-state index contributed by atoms with van der Waals surface area (Å²) in [6.45, 7) is 1.93. The lowest BCUT2D eigenvalue weighted by Crippen LogP contribution is -2.04. The predicted octanol–water partition coefficient (Wildman–Crippen LogP) is 5.40. The number of non-ortho nitro benzene ring substituents is 1. The number of carbonyl (C=O) groups is 1. The van der Waals surface area contributed by atoms with Gasteiger partial charge in [-0.2, -0.15) is 0 Å². The summed E-state index contributed by atoms with van der Waals surface area (Å²) >= 11 is 1.53. The highest BCUT2D eigenvalue weighted by molar-refractivity contribution is 7.99. The van der Waals surface area contributed by atoms with Gasteiger partial charge < -0.3 is 9.30 Å². The fraction of sp³-hybridized carbons (Fsp3) is 0.136. The fourth-order valence-electron chi connectivity index (χ4n) is 3.60. The Morgan fingerprint density at radius 3 is 2.45 bits per heavy atom. The van der Waals surface area contributed by atoms with Crippen molar-refractivity contribution in [1.29, 1.82) is 0 Å². The Labute approximate surface area is 171 Å². The van der Waals surface area contributed by atoms with Crippen molar-refractivity contribution in [2.45, 2.75) is 18.4 Å². The molecular weight excluding hydrogens is 388 g/mol. The summed E-state index contributed by atoms with van der Waals surface area (Å²) in [4.78, 5) is 23.0. The zero-order chi connectivity index (χ0) is 20.5. The molecule has 0 N–H and O–H groups in total. The van der Waals surface area contributed by atoms with Crippen LogP contribution in [0, 0.1) is 10.1 Å². The number of benzene rings is 3. The van der Waals surface area contributed by atoms with Gasteiger partial charge in [0.05, 0.1) is 15.3 Å². The smallest absolute Gasteiger partial charge is 0.308 e. The van der Waals surface area contributed by atoms with Crippen LogP contribution < -0.4 is 4.74 Å². The van der Waals surface area contributed by atoms with Crippen molar-refractivity contribution in [3.63, 3.8) is 0 Å². The van der Waals surface area contributed by atoms with Gasteiger partial charge in [0.1, 0.15) is 5.75 Å². The number of hydrogen-bond acceptors (Lipinski definition) is 5. The topological polar surface area (TPSA) is 74.4 Å². The molecule has 0 bridgehead atoms. The molecule has 146 valence electrons.